The highest BCUT2D eigenvalue weighted by molar-refractivity contribution is 5.93. The van der Waals surface area contributed by atoms with Gasteiger partial charge in [0.1, 0.15) is 5.75 Å². The number of nitro groups is 1. The van der Waals surface area contributed by atoms with Crippen molar-refractivity contribution >= 4 is 29.1 Å². The molecule has 0 spiro atoms. The summed E-state index contributed by atoms with van der Waals surface area (Å²) in [6, 6.07) is 6.58. The summed E-state index contributed by atoms with van der Waals surface area (Å²) in [6.45, 7) is -0.205. The lowest BCUT2D eigenvalue weighted by molar-refractivity contribution is -0.384. The third kappa shape index (κ3) is 4.09. The highest BCUT2D eigenvalue weighted by atomic mass is 16.6. The van der Waals surface area contributed by atoms with Crippen LogP contribution < -0.4 is 15.4 Å². The lowest BCUT2D eigenvalue weighted by atomic mass is 10.2. The lowest BCUT2D eigenvalue weighted by Gasteiger charge is -2.12. The zero-order valence-electron chi connectivity index (χ0n) is 13.1. The minimum atomic E-state index is -1.58. The van der Waals surface area contributed by atoms with E-state index < -0.39 is 22.3 Å². The molecule has 0 aliphatic carbocycles. The Morgan fingerprint density at radius 1 is 1.36 bits per heavy atom. The molecule has 1 aromatic carbocycles. The molecule has 0 saturated carbocycles. The van der Waals surface area contributed by atoms with Crippen molar-refractivity contribution in [3.63, 3.8) is 0 Å². The van der Waals surface area contributed by atoms with Crippen LogP contribution >= 0.6 is 0 Å². The number of ether oxygens (including phenoxy) is 1. The Balaban J connectivity index is 2.58. The molecule has 0 saturated heterocycles. The van der Waals surface area contributed by atoms with E-state index in [1.54, 1.807) is 24.3 Å². The van der Waals surface area contributed by atoms with Crippen LogP contribution in [0.2, 0.25) is 0 Å². The Morgan fingerprint density at radius 2 is 2.08 bits per heavy atom. The molecule has 0 radical (unpaired) electrons. The highest BCUT2D eigenvalue weighted by Gasteiger charge is 2.29. The summed E-state index contributed by atoms with van der Waals surface area (Å²) in [5.74, 6) is -1.68. The number of para-hydroxylation sites is 2. The summed E-state index contributed by atoms with van der Waals surface area (Å²) in [5.41, 5.74) is -1.21. The van der Waals surface area contributed by atoms with Crippen LogP contribution in [-0.2, 0) is 0 Å². The number of aromatic nitrogens is 2. The van der Waals surface area contributed by atoms with Gasteiger partial charge in [-0.05, 0) is 12.1 Å². The molecule has 11 heteroatoms. The van der Waals surface area contributed by atoms with Gasteiger partial charge in [-0.3, -0.25) is 10.1 Å². The van der Waals surface area contributed by atoms with E-state index in [0.29, 0.717) is 11.4 Å². The lowest BCUT2D eigenvalue weighted by Crippen LogP contribution is -2.15. The number of methoxy groups -OCH3 is 1. The first-order chi connectivity index (χ1) is 12.0. The second-order valence-electron chi connectivity index (χ2n) is 4.63. The number of aliphatic hydroxyl groups is 1. The maximum absolute atomic E-state index is 11.4. The van der Waals surface area contributed by atoms with Crippen molar-refractivity contribution in [2.75, 3.05) is 30.9 Å². The third-order valence-electron chi connectivity index (χ3n) is 3.02. The van der Waals surface area contributed by atoms with Crippen LogP contribution in [0.3, 0.4) is 0 Å². The fraction of sp³-hybridized carbons (Fsp3) is 0.214. The molecule has 2 rings (SSSR count). The standard InChI is InChI=1S/C14H15N5O6/c1-25-9-5-3-2-4-8(9)16-12-11(19(23)24)10(13(21)22)17-14(18-12)15-6-7-20/h2-5,20H,6-7H2,1H3,(H,21,22)(H2,15,16,17,18). The number of benzene rings is 1. The second-order valence-corrected chi connectivity index (χ2v) is 4.63. The number of carboxylic acids is 1. The number of aromatic carboxylic acids is 1. The molecule has 0 unspecified atom stereocenters. The largest absolute Gasteiger partial charge is 0.495 e. The Hall–Kier alpha value is -3.47. The first-order valence-corrected chi connectivity index (χ1v) is 7.02. The predicted molar refractivity (Wildman–Crippen MR) is 87.5 cm³/mol. The average molecular weight is 349 g/mol. The molecule has 0 fully saturated rings. The maximum Gasteiger partial charge on any atom is 0.362 e. The molecule has 0 amide bonds. The first kappa shape index (κ1) is 17.9. The number of nitrogens with one attached hydrogen (secondary N) is 2. The molecule has 2 aromatic rings. The summed E-state index contributed by atoms with van der Waals surface area (Å²) in [5, 5.41) is 34.7. The minimum absolute atomic E-state index is 0.0466. The van der Waals surface area contributed by atoms with E-state index in [-0.39, 0.29) is 24.9 Å². The van der Waals surface area contributed by atoms with Crippen molar-refractivity contribution in [2.24, 2.45) is 0 Å². The summed E-state index contributed by atoms with van der Waals surface area (Å²) >= 11 is 0. The molecular weight excluding hydrogens is 334 g/mol. The van der Waals surface area contributed by atoms with Gasteiger partial charge >= 0.3 is 11.7 Å². The number of aliphatic hydroxyl groups excluding tert-OH is 1. The quantitative estimate of drug-likeness (QED) is 0.403. The van der Waals surface area contributed by atoms with Gasteiger partial charge in [-0.1, -0.05) is 12.1 Å². The fourth-order valence-corrected chi connectivity index (χ4v) is 1.99. The number of carboxylic acid groups (broad SMARTS) is 1. The van der Waals surface area contributed by atoms with Gasteiger partial charge in [-0.15, -0.1) is 0 Å². The molecule has 132 valence electrons. The second kappa shape index (κ2) is 7.88. The van der Waals surface area contributed by atoms with Gasteiger partial charge < -0.3 is 25.6 Å². The van der Waals surface area contributed by atoms with Crippen molar-refractivity contribution in [1.29, 1.82) is 0 Å². The zero-order valence-corrected chi connectivity index (χ0v) is 13.1. The number of hydrogen-bond donors (Lipinski definition) is 4. The van der Waals surface area contributed by atoms with Gasteiger partial charge in [-0.25, -0.2) is 4.79 Å². The summed E-state index contributed by atoms with van der Waals surface area (Å²) in [7, 11) is 1.42. The Morgan fingerprint density at radius 3 is 2.68 bits per heavy atom. The molecule has 0 aliphatic heterocycles. The van der Waals surface area contributed by atoms with Gasteiger partial charge in [0.15, 0.2) is 0 Å². The number of anilines is 3. The monoisotopic (exact) mass is 349 g/mol. The number of rotatable bonds is 8. The van der Waals surface area contributed by atoms with Crippen molar-refractivity contribution in [1.82, 2.24) is 9.97 Å². The highest BCUT2D eigenvalue weighted by Crippen LogP contribution is 2.33. The van der Waals surface area contributed by atoms with E-state index in [1.165, 1.54) is 7.11 Å². The van der Waals surface area contributed by atoms with Crippen LogP contribution in [0.5, 0.6) is 5.75 Å². The number of hydrogen-bond acceptors (Lipinski definition) is 9. The molecule has 11 nitrogen and oxygen atoms in total. The van der Waals surface area contributed by atoms with Crippen LogP contribution in [0.1, 0.15) is 10.5 Å². The molecule has 25 heavy (non-hydrogen) atoms. The topological polar surface area (TPSA) is 160 Å². The molecule has 0 aliphatic rings. The van der Waals surface area contributed by atoms with E-state index in [2.05, 4.69) is 20.6 Å². The first-order valence-electron chi connectivity index (χ1n) is 7.02. The maximum atomic E-state index is 11.4. The molecular formula is C14H15N5O6. The van der Waals surface area contributed by atoms with E-state index in [1.807, 2.05) is 0 Å². The van der Waals surface area contributed by atoms with Crippen LogP contribution in [0, 0.1) is 10.1 Å². The molecule has 0 bridgehead atoms. The van der Waals surface area contributed by atoms with Crippen LogP contribution in [0.4, 0.5) is 23.1 Å². The summed E-state index contributed by atoms with van der Waals surface area (Å²) in [6.07, 6.45) is 0. The van der Waals surface area contributed by atoms with Crippen molar-refractivity contribution in [3.05, 3.63) is 40.1 Å². The van der Waals surface area contributed by atoms with E-state index in [9.17, 15) is 20.0 Å². The van der Waals surface area contributed by atoms with E-state index >= 15 is 0 Å². The van der Waals surface area contributed by atoms with Crippen molar-refractivity contribution in [3.8, 4) is 5.75 Å². The fourth-order valence-electron chi connectivity index (χ4n) is 1.99. The van der Waals surface area contributed by atoms with Crippen molar-refractivity contribution < 1.29 is 24.7 Å². The van der Waals surface area contributed by atoms with Gasteiger partial charge in [0.05, 0.1) is 24.3 Å². The normalized spacial score (nSPS) is 10.2. The molecule has 0 atom stereocenters. The zero-order chi connectivity index (χ0) is 18.4. The van der Waals surface area contributed by atoms with E-state index in [4.69, 9.17) is 9.84 Å². The minimum Gasteiger partial charge on any atom is -0.495 e. The number of carbonyl (C=O) groups is 1. The van der Waals surface area contributed by atoms with Crippen LogP contribution in [0.15, 0.2) is 24.3 Å². The van der Waals surface area contributed by atoms with Crippen LogP contribution in [-0.4, -0.2) is 51.3 Å². The molecule has 1 aromatic heterocycles. The smallest absolute Gasteiger partial charge is 0.362 e. The third-order valence-corrected chi connectivity index (χ3v) is 3.02. The summed E-state index contributed by atoms with van der Waals surface area (Å²) in [4.78, 5) is 29.4. The summed E-state index contributed by atoms with van der Waals surface area (Å²) < 4.78 is 5.15. The Labute approximate surface area is 141 Å². The van der Waals surface area contributed by atoms with Crippen LogP contribution in [0.25, 0.3) is 0 Å². The SMILES string of the molecule is COc1ccccc1Nc1nc(NCCO)nc(C(=O)O)c1[N+](=O)[O-]. The number of nitrogens with zero attached hydrogens (tertiary/aromatic N) is 3. The van der Waals surface area contributed by atoms with Gasteiger partial charge in [0.25, 0.3) is 0 Å². The molecule has 4 N–H and O–H groups in total. The Bertz CT molecular complexity index is 797. The van der Waals surface area contributed by atoms with E-state index in [0.717, 1.165) is 0 Å². The average Bonchev–Trinajstić information content (AvgIpc) is 2.59. The molecule has 1 heterocycles. The Kier molecular flexibility index (Phi) is 5.63. The van der Waals surface area contributed by atoms with Gasteiger partial charge in [-0.2, -0.15) is 9.97 Å². The van der Waals surface area contributed by atoms with Gasteiger partial charge in [0.2, 0.25) is 17.5 Å². The van der Waals surface area contributed by atoms with Gasteiger partial charge in [0, 0.05) is 6.54 Å². The predicted octanol–water partition coefficient (Wildman–Crippen LogP) is 1.24. The van der Waals surface area contributed by atoms with Crippen molar-refractivity contribution in [2.45, 2.75) is 0 Å².